The zero-order chi connectivity index (χ0) is 13.9. The molecule has 1 N–H and O–H groups in total. The monoisotopic (exact) mass is 290 g/mol. The first-order valence-electron chi connectivity index (χ1n) is 6.36. The molecule has 0 aromatic carbocycles. The second kappa shape index (κ2) is 5.64. The number of carbonyl (C=O) groups excluding carboxylic acids is 2. The minimum absolute atomic E-state index is 0.131. The van der Waals surface area contributed by atoms with E-state index in [1.165, 1.54) is 11.3 Å². The molecule has 104 valence electrons. The van der Waals surface area contributed by atoms with Gasteiger partial charge in [0.2, 0.25) is 0 Å². The first kappa shape index (κ1) is 13.1. The number of aromatic nitrogens is 1. The van der Waals surface area contributed by atoms with Gasteiger partial charge >= 0.3 is 0 Å². The number of hydrogen-bond donors (Lipinski definition) is 1. The summed E-state index contributed by atoms with van der Waals surface area (Å²) in [7, 11) is 0. The van der Waals surface area contributed by atoms with Gasteiger partial charge in [-0.15, -0.1) is 11.3 Å². The first-order valence-corrected chi connectivity index (χ1v) is 7.24. The molecule has 0 radical (unpaired) electrons. The van der Waals surface area contributed by atoms with Crippen LogP contribution in [-0.4, -0.2) is 54.5 Å². The zero-order valence-electron chi connectivity index (χ0n) is 10.8. The zero-order valence-corrected chi connectivity index (χ0v) is 11.6. The molecular weight excluding hydrogens is 276 g/mol. The third kappa shape index (κ3) is 2.54. The number of carbonyl (C=O) groups is 2. The average Bonchev–Trinajstić information content (AvgIpc) is 2.96. The number of aldehydes is 2. The van der Waals surface area contributed by atoms with Crippen molar-refractivity contribution in [1.29, 1.82) is 0 Å². The predicted octanol–water partition coefficient (Wildman–Crippen LogP) is 0.0766. The molecular formula is C13H14N4O2S. The van der Waals surface area contributed by atoms with Crippen molar-refractivity contribution in [3.63, 3.8) is 0 Å². The van der Waals surface area contributed by atoms with Gasteiger partial charge in [-0.2, -0.15) is 0 Å². The Morgan fingerprint density at radius 1 is 1.45 bits per heavy atom. The summed E-state index contributed by atoms with van der Waals surface area (Å²) in [4.78, 5) is 32.4. The molecule has 1 aromatic rings. The van der Waals surface area contributed by atoms with Gasteiger partial charge in [-0.25, -0.2) is 4.98 Å². The van der Waals surface area contributed by atoms with E-state index < -0.39 is 0 Å². The molecule has 0 unspecified atom stereocenters. The highest BCUT2D eigenvalue weighted by Gasteiger charge is 2.28. The van der Waals surface area contributed by atoms with Crippen LogP contribution < -0.4 is 5.32 Å². The van der Waals surface area contributed by atoms with Crippen LogP contribution in [0.4, 0.5) is 0 Å². The molecule has 20 heavy (non-hydrogen) atoms. The summed E-state index contributed by atoms with van der Waals surface area (Å²) in [5, 5.41) is 5.92. The van der Waals surface area contributed by atoms with Crippen molar-refractivity contribution in [3.8, 4) is 0 Å². The Balaban J connectivity index is 1.69. The minimum atomic E-state index is 0.131. The lowest BCUT2D eigenvalue weighted by molar-refractivity contribution is -0.115. The number of hydrogen-bond acceptors (Lipinski definition) is 7. The van der Waals surface area contributed by atoms with Crippen LogP contribution in [-0.2, 0) is 9.59 Å². The number of rotatable bonds is 5. The lowest BCUT2D eigenvalue weighted by atomic mass is 10.0. The van der Waals surface area contributed by atoms with E-state index in [2.05, 4.69) is 20.2 Å². The number of likely N-dealkylation sites (tertiary alicyclic amines) is 1. The van der Waals surface area contributed by atoms with E-state index in [9.17, 15) is 9.59 Å². The fourth-order valence-electron chi connectivity index (χ4n) is 2.28. The Bertz CT molecular complexity index is 573. The highest BCUT2D eigenvalue weighted by Crippen LogP contribution is 2.18. The van der Waals surface area contributed by atoms with Gasteiger partial charge in [-0.05, 0) is 0 Å². The molecule has 0 spiro atoms. The first-order chi connectivity index (χ1) is 9.80. The number of nitrogens with one attached hydrogen (secondary N) is 1. The largest absolute Gasteiger partial charge is 0.340 e. The molecule has 0 saturated carbocycles. The summed E-state index contributed by atoms with van der Waals surface area (Å²) in [5.74, 6) is 0.846. The van der Waals surface area contributed by atoms with Crippen LogP contribution in [0.2, 0.25) is 0 Å². The normalized spacial score (nSPS) is 20.1. The van der Waals surface area contributed by atoms with E-state index in [0.29, 0.717) is 24.5 Å². The van der Waals surface area contributed by atoms with Gasteiger partial charge in [0.25, 0.3) is 0 Å². The molecule has 1 fully saturated rings. The van der Waals surface area contributed by atoms with Crippen LogP contribution in [0.5, 0.6) is 0 Å². The van der Waals surface area contributed by atoms with Gasteiger partial charge in [0, 0.05) is 48.4 Å². The van der Waals surface area contributed by atoms with E-state index in [0.717, 1.165) is 36.4 Å². The maximum atomic E-state index is 11.1. The van der Waals surface area contributed by atoms with Crippen LogP contribution in [0.3, 0.4) is 0 Å². The number of amidine groups is 1. The number of aliphatic imine (C=N–C) groups is 1. The van der Waals surface area contributed by atoms with Crippen molar-refractivity contribution in [2.75, 3.05) is 26.2 Å². The number of thiazole rings is 1. The van der Waals surface area contributed by atoms with Crippen molar-refractivity contribution in [3.05, 3.63) is 27.9 Å². The lowest BCUT2D eigenvalue weighted by Gasteiger charge is -2.37. The Labute approximate surface area is 120 Å². The van der Waals surface area contributed by atoms with Gasteiger partial charge in [-0.3, -0.25) is 14.7 Å². The Kier molecular flexibility index (Phi) is 3.70. The lowest BCUT2D eigenvalue weighted by Crippen LogP contribution is -2.50. The van der Waals surface area contributed by atoms with Crippen molar-refractivity contribution in [1.82, 2.24) is 15.2 Å². The molecule has 0 amide bonds. The van der Waals surface area contributed by atoms with Crippen molar-refractivity contribution in [2.45, 2.75) is 0 Å². The standard InChI is InChI=1S/C13H14N4O2S/c18-7-9-4-17(5-9)6-11-10(8-19)3-15-12(16-11)13-14-1-2-20-13/h1-2,7-9H,3-6H2,(H,15,16). The molecule has 2 aliphatic rings. The molecule has 1 saturated heterocycles. The van der Waals surface area contributed by atoms with Crippen molar-refractivity contribution >= 4 is 29.7 Å². The smallest absolute Gasteiger partial charge is 0.162 e. The highest BCUT2D eigenvalue weighted by molar-refractivity contribution is 7.11. The molecule has 2 aliphatic heterocycles. The highest BCUT2D eigenvalue weighted by atomic mass is 32.1. The molecule has 3 heterocycles. The third-order valence-corrected chi connectivity index (χ3v) is 4.18. The van der Waals surface area contributed by atoms with Crippen molar-refractivity contribution in [2.24, 2.45) is 10.9 Å². The second-order valence-electron chi connectivity index (χ2n) is 4.84. The van der Waals surface area contributed by atoms with E-state index in [4.69, 9.17) is 0 Å². The molecule has 0 bridgehead atoms. The Hall–Kier alpha value is -1.86. The van der Waals surface area contributed by atoms with Gasteiger partial charge in [0.15, 0.2) is 10.8 Å². The van der Waals surface area contributed by atoms with Gasteiger partial charge in [-0.1, -0.05) is 0 Å². The maximum Gasteiger partial charge on any atom is 0.162 e. The van der Waals surface area contributed by atoms with E-state index >= 15 is 0 Å². The topological polar surface area (TPSA) is 74.7 Å². The Morgan fingerprint density at radius 2 is 2.30 bits per heavy atom. The van der Waals surface area contributed by atoms with Gasteiger partial charge < -0.3 is 10.1 Å². The van der Waals surface area contributed by atoms with E-state index in [1.54, 1.807) is 6.20 Å². The maximum absolute atomic E-state index is 11.1. The molecule has 6 nitrogen and oxygen atoms in total. The fourth-order valence-corrected chi connectivity index (χ4v) is 2.88. The summed E-state index contributed by atoms with van der Waals surface area (Å²) < 4.78 is 0. The van der Waals surface area contributed by atoms with E-state index in [-0.39, 0.29) is 5.92 Å². The van der Waals surface area contributed by atoms with Crippen LogP contribution in [0.15, 0.2) is 27.8 Å². The summed E-state index contributed by atoms with van der Waals surface area (Å²) in [5.41, 5.74) is 1.53. The fraction of sp³-hybridized carbons (Fsp3) is 0.385. The Morgan fingerprint density at radius 3 is 2.95 bits per heavy atom. The summed E-state index contributed by atoms with van der Waals surface area (Å²) in [6.45, 7) is 2.53. The summed E-state index contributed by atoms with van der Waals surface area (Å²) in [6, 6.07) is 0. The van der Waals surface area contributed by atoms with Crippen LogP contribution >= 0.6 is 11.3 Å². The molecule has 0 atom stereocenters. The van der Waals surface area contributed by atoms with Gasteiger partial charge in [0.05, 0.1) is 6.54 Å². The molecule has 0 aliphatic carbocycles. The van der Waals surface area contributed by atoms with Crippen LogP contribution in [0.25, 0.3) is 0 Å². The minimum Gasteiger partial charge on any atom is -0.340 e. The van der Waals surface area contributed by atoms with Crippen molar-refractivity contribution < 1.29 is 9.59 Å². The predicted molar refractivity (Wildman–Crippen MR) is 75.7 cm³/mol. The molecule has 3 rings (SSSR count). The quantitative estimate of drug-likeness (QED) is 0.777. The average molecular weight is 290 g/mol. The SMILES string of the molecule is O=CC1=C(CN2CC(C=O)C2)NC(c2nccs2)=NC1. The molecule has 1 aromatic heterocycles. The second-order valence-corrected chi connectivity index (χ2v) is 5.73. The van der Waals surface area contributed by atoms with Gasteiger partial charge in [0.1, 0.15) is 12.6 Å². The third-order valence-electron chi connectivity index (χ3n) is 3.40. The van der Waals surface area contributed by atoms with E-state index in [1.807, 2.05) is 5.38 Å². The van der Waals surface area contributed by atoms with Crippen LogP contribution in [0.1, 0.15) is 5.01 Å². The summed E-state index contributed by atoms with van der Waals surface area (Å²) in [6.07, 6.45) is 3.57. The van der Waals surface area contributed by atoms with Crippen LogP contribution in [0, 0.1) is 5.92 Å². The number of nitrogens with zero attached hydrogens (tertiary/aromatic N) is 3. The summed E-state index contributed by atoms with van der Waals surface area (Å²) >= 11 is 1.51. The molecule has 7 heteroatoms.